The molecule has 2 aliphatic rings. The molecule has 1 fully saturated rings. The minimum absolute atomic E-state index is 0.000325. The lowest BCUT2D eigenvalue weighted by atomic mass is 9.67. The molecule has 3 aromatic rings. The number of carbonyl (C=O) groups is 1. The van der Waals surface area contributed by atoms with Gasteiger partial charge in [0.2, 0.25) is 11.8 Å². The summed E-state index contributed by atoms with van der Waals surface area (Å²) in [5.74, 6) is 0.577. The van der Waals surface area contributed by atoms with Gasteiger partial charge in [-0.3, -0.25) is 4.79 Å². The molecular formula is C31H32F3N5O2. The van der Waals surface area contributed by atoms with Crippen molar-refractivity contribution in [2.75, 3.05) is 49.6 Å². The highest BCUT2D eigenvalue weighted by Gasteiger charge is 2.45. The molecule has 0 bridgehead atoms. The highest BCUT2D eigenvalue weighted by molar-refractivity contribution is 5.99. The number of hydrogen-bond donors (Lipinski definition) is 1. The number of aromatic nitrogens is 1. The Balaban J connectivity index is 1.49. The van der Waals surface area contributed by atoms with Gasteiger partial charge in [0.25, 0.3) is 0 Å². The maximum atomic E-state index is 13.6. The van der Waals surface area contributed by atoms with Crippen molar-refractivity contribution in [1.82, 2.24) is 10.3 Å². The number of pyridine rings is 1. The van der Waals surface area contributed by atoms with E-state index in [2.05, 4.69) is 16.4 Å². The number of carbonyl (C=O) groups excluding carboxylic acids is 1. The third-order valence-electron chi connectivity index (χ3n) is 8.10. The fourth-order valence-electron chi connectivity index (χ4n) is 6.02. The van der Waals surface area contributed by atoms with Crippen molar-refractivity contribution in [3.8, 4) is 23.1 Å². The largest absolute Gasteiger partial charge is 0.478 e. The second kappa shape index (κ2) is 11.4. The molecular weight excluding hydrogens is 531 g/mol. The molecule has 0 radical (unpaired) electrons. The van der Waals surface area contributed by atoms with E-state index in [9.17, 15) is 23.2 Å². The van der Waals surface area contributed by atoms with Crippen molar-refractivity contribution < 1.29 is 22.7 Å². The maximum Gasteiger partial charge on any atom is 0.416 e. The molecule has 0 unspecified atom stereocenters. The van der Waals surface area contributed by atoms with Crippen LogP contribution in [0.15, 0.2) is 54.7 Å². The summed E-state index contributed by atoms with van der Waals surface area (Å²) < 4.78 is 45.4. The maximum absolute atomic E-state index is 13.6. The summed E-state index contributed by atoms with van der Waals surface area (Å²) in [5.41, 5.74) is 2.95. The molecule has 7 nitrogen and oxygen atoms in total. The van der Waals surface area contributed by atoms with E-state index in [-0.39, 0.29) is 11.5 Å². The van der Waals surface area contributed by atoms with Gasteiger partial charge in [0.1, 0.15) is 6.07 Å². The van der Waals surface area contributed by atoms with Crippen molar-refractivity contribution >= 4 is 17.3 Å². The molecule has 2 aliphatic heterocycles. The van der Waals surface area contributed by atoms with Crippen LogP contribution in [-0.4, -0.2) is 50.7 Å². The van der Waals surface area contributed by atoms with Gasteiger partial charge in [-0.15, -0.1) is 0 Å². The third kappa shape index (κ3) is 5.46. The van der Waals surface area contributed by atoms with E-state index in [0.29, 0.717) is 63.6 Å². The summed E-state index contributed by atoms with van der Waals surface area (Å²) in [7, 11) is 1.85. The van der Waals surface area contributed by atoms with E-state index in [1.807, 2.05) is 54.1 Å². The summed E-state index contributed by atoms with van der Waals surface area (Å²) >= 11 is 0. The van der Waals surface area contributed by atoms with Crippen LogP contribution in [0.2, 0.25) is 0 Å². The molecule has 2 aromatic carbocycles. The molecule has 1 amide bonds. The summed E-state index contributed by atoms with van der Waals surface area (Å²) in [6.45, 7) is 4.58. The van der Waals surface area contributed by atoms with E-state index in [0.717, 1.165) is 34.5 Å². The quantitative estimate of drug-likeness (QED) is 0.407. The van der Waals surface area contributed by atoms with Crippen LogP contribution >= 0.6 is 0 Å². The lowest BCUT2D eigenvalue weighted by Gasteiger charge is -2.48. The minimum Gasteiger partial charge on any atom is -0.478 e. The van der Waals surface area contributed by atoms with Crippen LogP contribution in [-0.2, 0) is 16.4 Å². The summed E-state index contributed by atoms with van der Waals surface area (Å²) in [6, 6.07) is 15.2. The first-order valence-corrected chi connectivity index (χ1v) is 13.7. The number of nitrogens with zero attached hydrogens (tertiary/aromatic N) is 4. The number of piperidine rings is 1. The van der Waals surface area contributed by atoms with Gasteiger partial charge in [-0.05, 0) is 74.3 Å². The molecule has 0 atom stereocenters. The Morgan fingerprint density at radius 3 is 2.59 bits per heavy atom. The fourth-order valence-corrected chi connectivity index (χ4v) is 6.02. The van der Waals surface area contributed by atoms with Crippen molar-refractivity contribution in [3.05, 3.63) is 71.4 Å². The molecule has 1 saturated heterocycles. The van der Waals surface area contributed by atoms with Gasteiger partial charge in [0.15, 0.2) is 0 Å². The number of anilines is 2. The van der Waals surface area contributed by atoms with E-state index < -0.39 is 17.2 Å². The molecule has 0 aliphatic carbocycles. The van der Waals surface area contributed by atoms with E-state index in [1.165, 1.54) is 6.07 Å². The standard InChI is InChI=1S/C31H32F3N5O2/c1-3-41-29-24(5-4-12-37-29)21-6-8-25-27(18-21)39(16-13-36-2)28(40)19-30(25)10-14-38(15-11-30)26-9-7-23(31(32,33)34)17-22(26)20-35/h4-9,12,17-18,36H,3,10-11,13-16,19H2,1-2H3. The molecule has 3 heterocycles. The third-order valence-corrected chi connectivity index (χ3v) is 8.10. The van der Waals surface area contributed by atoms with Crippen LogP contribution in [0.1, 0.15) is 42.9 Å². The second-order valence-corrected chi connectivity index (χ2v) is 10.5. The number of hydrogen-bond acceptors (Lipinski definition) is 6. The first-order valence-electron chi connectivity index (χ1n) is 13.7. The predicted octanol–water partition coefficient (Wildman–Crippen LogP) is 5.53. The Kier molecular flexibility index (Phi) is 7.91. The number of ether oxygens (including phenoxy) is 1. The molecule has 1 spiro atoms. The Labute approximate surface area is 237 Å². The monoisotopic (exact) mass is 563 g/mol. The van der Waals surface area contributed by atoms with Crippen molar-refractivity contribution in [3.63, 3.8) is 0 Å². The molecule has 0 saturated carbocycles. The van der Waals surface area contributed by atoms with E-state index >= 15 is 0 Å². The molecule has 5 rings (SSSR count). The van der Waals surface area contributed by atoms with Crippen LogP contribution in [0, 0.1) is 11.3 Å². The normalized spacial score (nSPS) is 16.4. The fraction of sp³-hybridized carbons (Fsp3) is 0.387. The van der Waals surface area contributed by atoms with E-state index in [1.54, 1.807) is 6.20 Å². The Bertz CT molecular complexity index is 1480. The smallest absolute Gasteiger partial charge is 0.416 e. The topological polar surface area (TPSA) is 81.5 Å². The summed E-state index contributed by atoms with van der Waals surface area (Å²) in [4.78, 5) is 21.8. The van der Waals surface area contributed by atoms with Gasteiger partial charge in [-0.25, -0.2) is 4.98 Å². The van der Waals surface area contributed by atoms with Crippen molar-refractivity contribution in [2.24, 2.45) is 0 Å². The average Bonchev–Trinajstić information content (AvgIpc) is 2.97. The number of rotatable bonds is 7. The molecule has 214 valence electrons. The highest BCUT2D eigenvalue weighted by atomic mass is 19.4. The van der Waals surface area contributed by atoms with Crippen LogP contribution < -0.4 is 19.9 Å². The van der Waals surface area contributed by atoms with Crippen LogP contribution in [0.4, 0.5) is 24.5 Å². The van der Waals surface area contributed by atoms with Crippen LogP contribution in [0.3, 0.4) is 0 Å². The zero-order valence-electron chi connectivity index (χ0n) is 23.1. The number of nitriles is 1. The van der Waals surface area contributed by atoms with Crippen LogP contribution in [0.25, 0.3) is 11.1 Å². The number of alkyl halides is 3. The van der Waals surface area contributed by atoms with Gasteiger partial charge in [-0.1, -0.05) is 12.1 Å². The van der Waals surface area contributed by atoms with Crippen molar-refractivity contribution in [2.45, 2.75) is 37.8 Å². The Morgan fingerprint density at radius 1 is 1.12 bits per heavy atom. The van der Waals surface area contributed by atoms with E-state index in [4.69, 9.17) is 4.74 Å². The predicted molar refractivity (Wildman–Crippen MR) is 151 cm³/mol. The second-order valence-electron chi connectivity index (χ2n) is 10.5. The Morgan fingerprint density at radius 2 is 1.90 bits per heavy atom. The zero-order chi connectivity index (χ0) is 29.2. The highest BCUT2D eigenvalue weighted by Crippen LogP contribution is 2.49. The van der Waals surface area contributed by atoms with Crippen LogP contribution in [0.5, 0.6) is 5.88 Å². The average molecular weight is 564 g/mol. The number of nitrogens with one attached hydrogen (secondary N) is 1. The SMILES string of the molecule is CCOc1ncccc1-c1ccc2c(c1)N(CCNC)C(=O)CC21CCN(c2ccc(C(F)(F)F)cc2C#N)CC1. The molecule has 41 heavy (non-hydrogen) atoms. The molecule has 1 aromatic heterocycles. The van der Waals surface area contributed by atoms with Gasteiger partial charge >= 0.3 is 6.18 Å². The summed E-state index contributed by atoms with van der Waals surface area (Å²) in [6.07, 6.45) is -1.21. The van der Waals surface area contributed by atoms with Crippen molar-refractivity contribution in [1.29, 1.82) is 5.26 Å². The van der Waals surface area contributed by atoms with Gasteiger partial charge in [-0.2, -0.15) is 18.4 Å². The van der Waals surface area contributed by atoms with Gasteiger partial charge in [0.05, 0.1) is 23.4 Å². The minimum atomic E-state index is -4.51. The number of amides is 1. The van der Waals surface area contributed by atoms with Gasteiger partial charge in [0, 0.05) is 55.5 Å². The molecule has 10 heteroatoms. The Hall–Kier alpha value is -4.10. The van der Waals surface area contributed by atoms with Gasteiger partial charge < -0.3 is 19.9 Å². The molecule has 1 N–H and O–H groups in total. The number of likely N-dealkylation sites (N-methyl/N-ethyl adjacent to an activating group) is 1. The number of benzene rings is 2. The number of halogens is 3. The first-order chi connectivity index (χ1) is 19.7. The lowest BCUT2D eigenvalue weighted by molar-refractivity contribution is -0.137. The summed E-state index contributed by atoms with van der Waals surface area (Å²) in [5, 5.41) is 12.7. The zero-order valence-corrected chi connectivity index (χ0v) is 23.1. The number of fused-ring (bicyclic) bond motifs is 2. The first kappa shape index (κ1) is 28.4. The lowest BCUT2D eigenvalue weighted by Crippen LogP contribution is -2.51.